The maximum absolute atomic E-state index is 5.63. The van der Waals surface area contributed by atoms with E-state index < -0.39 is 0 Å². The van der Waals surface area contributed by atoms with Gasteiger partial charge in [0.25, 0.3) is 0 Å². The molecule has 0 fully saturated rings. The molecule has 98 valence electrons. The largest absolute Gasteiger partial charge is 0.342 e. The summed E-state index contributed by atoms with van der Waals surface area (Å²) in [5.41, 5.74) is 8.04. The van der Waals surface area contributed by atoms with Crippen LogP contribution >= 0.6 is 15.9 Å². The number of nitrogens with two attached hydrogens (primary N) is 1. The standard InChI is InChI=1S/C14H20BrN3/c1-14(2,7-8-16)6-5-13-17-11-4-3-10(15)9-12(11)18-13/h3-4,9H,5-8,16H2,1-2H3,(H,17,18). The van der Waals surface area contributed by atoms with Crippen molar-refractivity contribution in [1.82, 2.24) is 9.97 Å². The van der Waals surface area contributed by atoms with Crippen LogP contribution in [0.2, 0.25) is 0 Å². The first kappa shape index (κ1) is 13.6. The van der Waals surface area contributed by atoms with Gasteiger partial charge in [0.05, 0.1) is 11.0 Å². The molecule has 0 aliphatic heterocycles. The third-order valence-electron chi connectivity index (χ3n) is 3.35. The van der Waals surface area contributed by atoms with E-state index in [1.807, 2.05) is 12.1 Å². The van der Waals surface area contributed by atoms with Gasteiger partial charge in [-0.2, -0.15) is 0 Å². The third-order valence-corrected chi connectivity index (χ3v) is 3.85. The fraction of sp³-hybridized carbons (Fsp3) is 0.500. The van der Waals surface area contributed by atoms with E-state index in [0.717, 1.165) is 47.1 Å². The highest BCUT2D eigenvalue weighted by Crippen LogP contribution is 2.26. The Balaban J connectivity index is 2.08. The number of nitrogens with one attached hydrogen (secondary N) is 1. The fourth-order valence-electron chi connectivity index (χ4n) is 2.13. The number of aromatic amines is 1. The number of aryl methyl sites for hydroxylation is 1. The van der Waals surface area contributed by atoms with E-state index in [9.17, 15) is 0 Å². The molecule has 18 heavy (non-hydrogen) atoms. The summed E-state index contributed by atoms with van der Waals surface area (Å²) in [5, 5.41) is 0. The minimum atomic E-state index is 0.286. The van der Waals surface area contributed by atoms with Gasteiger partial charge in [-0.15, -0.1) is 0 Å². The molecule has 2 aromatic rings. The second-order valence-corrected chi connectivity index (χ2v) is 6.46. The van der Waals surface area contributed by atoms with Crippen LogP contribution in [0, 0.1) is 5.41 Å². The van der Waals surface area contributed by atoms with Gasteiger partial charge in [-0.25, -0.2) is 4.98 Å². The molecular formula is C14H20BrN3. The summed E-state index contributed by atoms with van der Waals surface area (Å²) in [6.07, 6.45) is 3.13. The Labute approximate surface area is 116 Å². The van der Waals surface area contributed by atoms with Gasteiger partial charge >= 0.3 is 0 Å². The van der Waals surface area contributed by atoms with E-state index in [1.54, 1.807) is 0 Å². The lowest BCUT2D eigenvalue weighted by Crippen LogP contribution is -2.18. The van der Waals surface area contributed by atoms with Crippen molar-refractivity contribution in [3.63, 3.8) is 0 Å². The zero-order chi connectivity index (χ0) is 13.2. The molecule has 0 amide bonds. The molecule has 4 heteroatoms. The summed E-state index contributed by atoms with van der Waals surface area (Å²) >= 11 is 3.47. The Morgan fingerprint density at radius 3 is 2.83 bits per heavy atom. The molecule has 0 spiro atoms. The van der Waals surface area contributed by atoms with Gasteiger partial charge in [-0.05, 0) is 43.0 Å². The Bertz CT molecular complexity index is 531. The molecule has 0 radical (unpaired) electrons. The lowest BCUT2D eigenvalue weighted by atomic mass is 9.84. The number of aromatic nitrogens is 2. The van der Waals surface area contributed by atoms with E-state index in [0.29, 0.717) is 0 Å². The smallest absolute Gasteiger partial charge is 0.107 e. The van der Waals surface area contributed by atoms with Crippen LogP contribution in [-0.2, 0) is 6.42 Å². The Morgan fingerprint density at radius 2 is 2.11 bits per heavy atom. The van der Waals surface area contributed by atoms with E-state index in [1.165, 1.54) is 0 Å². The van der Waals surface area contributed by atoms with Crippen molar-refractivity contribution in [3.8, 4) is 0 Å². The van der Waals surface area contributed by atoms with Gasteiger partial charge in [0, 0.05) is 10.9 Å². The second kappa shape index (κ2) is 5.41. The summed E-state index contributed by atoms with van der Waals surface area (Å²) in [7, 11) is 0. The minimum Gasteiger partial charge on any atom is -0.342 e. The Morgan fingerprint density at radius 1 is 1.33 bits per heavy atom. The van der Waals surface area contributed by atoms with Gasteiger partial charge in [0.2, 0.25) is 0 Å². The van der Waals surface area contributed by atoms with Crippen molar-refractivity contribution in [1.29, 1.82) is 0 Å². The third kappa shape index (κ3) is 3.33. The number of imidazole rings is 1. The van der Waals surface area contributed by atoms with Crippen molar-refractivity contribution in [2.45, 2.75) is 33.1 Å². The first-order valence-corrected chi connectivity index (χ1v) is 7.14. The molecule has 1 aromatic carbocycles. The van der Waals surface area contributed by atoms with E-state index in [4.69, 9.17) is 5.73 Å². The molecule has 3 N–H and O–H groups in total. The van der Waals surface area contributed by atoms with Gasteiger partial charge < -0.3 is 10.7 Å². The van der Waals surface area contributed by atoms with Crippen LogP contribution in [0.4, 0.5) is 0 Å². The molecular weight excluding hydrogens is 290 g/mol. The number of fused-ring (bicyclic) bond motifs is 1. The van der Waals surface area contributed by atoms with Crippen molar-refractivity contribution >= 4 is 27.0 Å². The van der Waals surface area contributed by atoms with Crippen LogP contribution in [0.3, 0.4) is 0 Å². The predicted molar refractivity (Wildman–Crippen MR) is 79.6 cm³/mol. The maximum Gasteiger partial charge on any atom is 0.107 e. The van der Waals surface area contributed by atoms with Crippen LogP contribution in [0.15, 0.2) is 22.7 Å². The zero-order valence-corrected chi connectivity index (χ0v) is 12.5. The molecule has 1 aromatic heterocycles. The van der Waals surface area contributed by atoms with Gasteiger partial charge in [-0.3, -0.25) is 0 Å². The quantitative estimate of drug-likeness (QED) is 0.886. The number of H-pyrrole nitrogens is 1. The topological polar surface area (TPSA) is 54.7 Å². The summed E-state index contributed by atoms with van der Waals surface area (Å²) < 4.78 is 1.08. The summed E-state index contributed by atoms with van der Waals surface area (Å²) in [6, 6.07) is 6.12. The highest BCUT2D eigenvalue weighted by Gasteiger charge is 2.17. The fourth-order valence-corrected chi connectivity index (χ4v) is 2.49. The van der Waals surface area contributed by atoms with Crippen molar-refractivity contribution < 1.29 is 0 Å². The zero-order valence-electron chi connectivity index (χ0n) is 11.0. The van der Waals surface area contributed by atoms with Gasteiger partial charge in [-0.1, -0.05) is 29.8 Å². The minimum absolute atomic E-state index is 0.286. The van der Waals surface area contributed by atoms with Crippen molar-refractivity contribution in [2.75, 3.05) is 6.54 Å². The Hall–Kier alpha value is -0.870. The van der Waals surface area contributed by atoms with Crippen LogP contribution in [-0.4, -0.2) is 16.5 Å². The van der Waals surface area contributed by atoms with Crippen LogP contribution in [0.1, 0.15) is 32.5 Å². The monoisotopic (exact) mass is 309 g/mol. The molecule has 0 saturated heterocycles. The summed E-state index contributed by atoms with van der Waals surface area (Å²) in [6.45, 7) is 5.28. The number of benzene rings is 1. The summed E-state index contributed by atoms with van der Waals surface area (Å²) in [5.74, 6) is 1.06. The molecule has 2 rings (SSSR count). The van der Waals surface area contributed by atoms with Crippen LogP contribution in [0.5, 0.6) is 0 Å². The van der Waals surface area contributed by atoms with Gasteiger partial charge in [0.1, 0.15) is 5.82 Å². The lowest BCUT2D eigenvalue weighted by molar-refractivity contribution is 0.311. The number of rotatable bonds is 5. The average Bonchev–Trinajstić information content (AvgIpc) is 2.68. The number of halogens is 1. The molecule has 0 saturated carbocycles. The van der Waals surface area contributed by atoms with E-state index in [2.05, 4.69) is 45.8 Å². The van der Waals surface area contributed by atoms with Gasteiger partial charge in [0.15, 0.2) is 0 Å². The highest BCUT2D eigenvalue weighted by molar-refractivity contribution is 9.10. The molecule has 0 atom stereocenters. The number of nitrogens with zero attached hydrogens (tertiary/aromatic N) is 1. The van der Waals surface area contributed by atoms with Crippen LogP contribution < -0.4 is 5.73 Å². The molecule has 3 nitrogen and oxygen atoms in total. The maximum atomic E-state index is 5.63. The second-order valence-electron chi connectivity index (χ2n) is 5.55. The molecule has 0 bridgehead atoms. The van der Waals surface area contributed by atoms with Crippen LogP contribution in [0.25, 0.3) is 11.0 Å². The normalized spacial score (nSPS) is 12.2. The predicted octanol–water partition coefficient (Wildman–Crippen LogP) is 3.63. The Kier molecular flexibility index (Phi) is 4.07. The van der Waals surface area contributed by atoms with E-state index in [-0.39, 0.29) is 5.41 Å². The number of hydrogen-bond acceptors (Lipinski definition) is 2. The average molecular weight is 310 g/mol. The lowest BCUT2D eigenvalue weighted by Gasteiger charge is -2.22. The molecule has 0 unspecified atom stereocenters. The van der Waals surface area contributed by atoms with E-state index >= 15 is 0 Å². The molecule has 1 heterocycles. The van der Waals surface area contributed by atoms with Crippen molar-refractivity contribution in [3.05, 3.63) is 28.5 Å². The first-order valence-electron chi connectivity index (χ1n) is 6.34. The highest BCUT2D eigenvalue weighted by atomic mass is 79.9. The first-order chi connectivity index (χ1) is 8.50. The molecule has 0 aliphatic carbocycles. The van der Waals surface area contributed by atoms with Crippen molar-refractivity contribution in [2.24, 2.45) is 11.1 Å². The molecule has 0 aliphatic rings. The SMILES string of the molecule is CC(C)(CCN)CCc1nc2ccc(Br)cc2[nH]1. The summed E-state index contributed by atoms with van der Waals surface area (Å²) in [4.78, 5) is 7.99. The number of hydrogen-bond donors (Lipinski definition) is 2.